The Morgan fingerprint density at radius 2 is 1.92 bits per heavy atom. The Morgan fingerprint density at radius 1 is 1.17 bits per heavy atom. The van der Waals surface area contributed by atoms with Crippen molar-refractivity contribution < 1.29 is 4.39 Å². The minimum Gasteiger partial charge on any atom is -0.265 e. The van der Waals surface area contributed by atoms with Gasteiger partial charge in [0.2, 0.25) is 0 Å². The molecular formula is C7H4FN3S. The van der Waals surface area contributed by atoms with Gasteiger partial charge in [0, 0.05) is 18.0 Å². The van der Waals surface area contributed by atoms with Crippen molar-refractivity contribution >= 4 is 11.3 Å². The Bertz CT molecular complexity index is 373. The van der Waals surface area contributed by atoms with Crippen molar-refractivity contribution in [3.63, 3.8) is 0 Å². The summed E-state index contributed by atoms with van der Waals surface area (Å²) in [6.07, 6.45) is 3.27. The van der Waals surface area contributed by atoms with E-state index >= 15 is 0 Å². The molecule has 0 saturated carbocycles. The molecule has 0 unspecified atom stereocenters. The standard InChI is InChI=1S/C7H4FN3S/c8-7-11-10-6(12-7)5-1-3-9-4-2-5/h1-4H. The van der Waals surface area contributed by atoms with E-state index in [2.05, 4.69) is 15.2 Å². The fraction of sp³-hybridized carbons (Fsp3) is 0. The monoisotopic (exact) mass is 181 g/mol. The molecule has 0 aliphatic carbocycles. The second kappa shape index (κ2) is 2.94. The van der Waals surface area contributed by atoms with Gasteiger partial charge in [0.05, 0.1) is 0 Å². The van der Waals surface area contributed by atoms with Gasteiger partial charge in [0.1, 0.15) is 5.01 Å². The second-order valence-corrected chi connectivity index (χ2v) is 3.02. The third-order valence-corrected chi connectivity index (χ3v) is 2.09. The number of hydrogen-bond acceptors (Lipinski definition) is 4. The molecule has 2 heterocycles. The van der Waals surface area contributed by atoms with Crippen molar-refractivity contribution in [1.29, 1.82) is 0 Å². The van der Waals surface area contributed by atoms with Gasteiger partial charge in [0.15, 0.2) is 0 Å². The molecule has 0 aliphatic rings. The summed E-state index contributed by atoms with van der Waals surface area (Å²) in [5.74, 6) is 0. The van der Waals surface area contributed by atoms with Gasteiger partial charge in [-0.3, -0.25) is 4.98 Å². The molecule has 0 fully saturated rings. The molecule has 0 saturated heterocycles. The third-order valence-electron chi connectivity index (χ3n) is 1.33. The number of rotatable bonds is 1. The second-order valence-electron chi connectivity index (χ2n) is 2.10. The Balaban J connectivity index is 2.45. The highest BCUT2D eigenvalue weighted by Gasteiger charge is 2.03. The average molecular weight is 181 g/mol. The van der Waals surface area contributed by atoms with E-state index in [1.54, 1.807) is 24.5 Å². The number of hydrogen-bond donors (Lipinski definition) is 0. The SMILES string of the molecule is Fc1nnc(-c2ccncc2)s1. The topological polar surface area (TPSA) is 38.7 Å². The molecule has 12 heavy (non-hydrogen) atoms. The first kappa shape index (κ1) is 7.30. The van der Waals surface area contributed by atoms with E-state index in [9.17, 15) is 4.39 Å². The Hall–Kier alpha value is -1.36. The summed E-state index contributed by atoms with van der Waals surface area (Å²) in [5.41, 5.74) is 0.839. The van der Waals surface area contributed by atoms with Crippen molar-refractivity contribution in [3.8, 4) is 10.6 Å². The van der Waals surface area contributed by atoms with E-state index in [4.69, 9.17) is 0 Å². The normalized spacial score (nSPS) is 10.1. The van der Waals surface area contributed by atoms with Crippen molar-refractivity contribution in [2.75, 3.05) is 0 Å². The molecule has 2 aromatic heterocycles. The predicted octanol–water partition coefficient (Wildman–Crippen LogP) is 1.74. The van der Waals surface area contributed by atoms with E-state index in [1.165, 1.54) is 0 Å². The molecule has 0 spiro atoms. The van der Waals surface area contributed by atoms with E-state index in [-0.39, 0.29) is 0 Å². The maximum atomic E-state index is 12.4. The number of pyridine rings is 1. The summed E-state index contributed by atoms with van der Waals surface area (Å²) in [6.45, 7) is 0. The van der Waals surface area contributed by atoms with Crippen LogP contribution >= 0.6 is 11.3 Å². The molecule has 0 radical (unpaired) electrons. The lowest BCUT2D eigenvalue weighted by Crippen LogP contribution is -1.76. The zero-order valence-corrected chi connectivity index (χ0v) is 6.75. The van der Waals surface area contributed by atoms with Crippen LogP contribution in [0.15, 0.2) is 24.5 Å². The van der Waals surface area contributed by atoms with Gasteiger partial charge in [-0.2, -0.15) is 4.39 Å². The summed E-state index contributed by atoms with van der Waals surface area (Å²) >= 11 is 0.924. The molecule has 5 heteroatoms. The average Bonchev–Trinajstić information content (AvgIpc) is 2.54. The lowest BCUT2D eigenvalue weighted by atomic mass is 10.3. The molecular weight excluding hydrogens is 177 g/mol. The van der Waals surface area contributed by atoms with E-state index in [0.717, 1.165) is 16.9 Å². The van der Waals surface area contributed by atoms with Gasteiger partial charge in [-0.1, -0.05) is 11.3 Å². The molecule has 0 atom stereocenters. The minimum atomic E-state index is -0.512. The van der Waals surface area contributed by atoms with Gasteiger partial charge in [0.25, 0.3) is 5.26 Å². The van der Waals surface area contributed by atoms with Crippen LogP contribution in [0.1, 0.15) is 0 Å². The van der Waals surface area contributed by atoms with Crippen LogP contribution in [0.25, 0.3) is 10.6 Å². The summed E-state index contributed by atoms with van der Waals surface area (Å²) < 4.78 is 12.4. The Kier molecular flexibility index (Phi) is 1.79. The van der Waals surface area contributed by atoms with E-state index < -0.39 is 5.26 Å². The quantitative estimate of drug-likeness (QED) is 0.672. The Labute approximate surface area is 71.9 Å². The number of aromatic nitrogens is 3. The van der Waals surface area contributed by atoms with Crippen LogP contribution in [-0.2, 0) is 0 Å². The maximum absolute atomic E-state index is 12.4. The van der Waals surface area contributed by atoms with Crippen LogP contribution in [0.2, 0.25) is 0 Å². The lowest BCUT2D eigenvalue weighted by Gasteiger charge is -1.89. The zero-order chi connectivity index (χ0) is 8.39. The lowest BCUT2D eigenvalue weighted by molar-refractivity contribution is 0.601. The minimum absolute atomic E-state index is 0.512. The smallest absolute Gasteiger partial charge is 0.265 e. The summed E-state index contributed by atoms with van der Waals surface area (Å²) in [5, 5.41) is 6.99. The van der Waals surface area contributed by atoms with Crippen molar-refractivity contribution in [1.82, 2.24) is 15.2 Å². The van der Waals surface area contributed by atoms with Crippen molar-refractivity contribution in [2.45, 2.75) is 0 Å². The predicted molar refractivity (Wildman–Crippen MR) is 43.1 cm³/mol. The third kappa shape index (κ3) is 1.31. The molecule has 60 valence electrons. The summed E-state index contributed by atoms with van der Waals surface area (Å²) in [4.78, 5) is 3.84. The molecule has 0 amide bonds. The molecule has 0 aliphatic heterocycles. The first-order valence-corrected chi connectivity index (χ1v) is 4.07. The highest BCUT2D eigenvalue weighted by atomic mass is 32.1. The summed E-state index contributed by atoms with van der Waals surface area (Å²) in [6, 6.07) is 3.53. The molecule has 0 bridgehead atoms. The van der Waals surface area contributed by atoms with Crippen LogP contribution in [0, 0.1) is 5.26 Å². The van der Waals surface area contributed by atoms with Crippen LogP contribution in [0.3, 0.4) is 0 Å². The molecule has 0 aromatic carbocycles. The van der Waals surface area contributed by atoms with E-state index in [0.29, 0.717) is 5.01 Å². The van der Waals surface area contributed by atoms with Gasteiger partial charge < -0.3 is 0 Å². The summed E-state index contributed by atoms with van der Waals surface area (Å²) in [7, 11) is 0. The molecule has 0 N–H and O–H groups in total. The first-order valence-electron chi connectivity index (χ1n) is 3.25. The van der Waals surface area contributed by atoms with Crippen LogP contribution in [0.5, 0.6) is 0 Å². The number of nitrogens with zero attached hydrogens (tertiary/aromatic N) is 3. The van der Waals surface area contributed by atoms with Crippen LogP contribution in [0.4, 0.5) is 4.39 Å². The maximum Gasteiger partial charge on any atom is 0.289 e. The number of halogens is 1. The van der Waals surface area contributed by atoms with Gasteiger partial charge >= 0.3 is 0 Å². The van der Waals surface area contributed by atoms with E-state index in [1.807, 2.05) is 0 Å². The van der Waals surface area contributed by atoms with Crippen molar-refractivity contribution in [3.05, 3.63) is 29.8 Å². The highest BCUT2D eigenvalue weighted by Crippen LogP contribution is 2.20. The van der Waals surface area contributed by atoms with Gasteiger partial charge in [-0.25, -0.2) is 0 Å². The highest BCUT2D eigenvalue weighted by molar-refractivity contribution is 7.13. The Morgan fingerprint density at radius 3 is 2.50 bits per heavy atom. The molecule has 3 nitrogen and oxygen atoms in total. The fourth-order valence-corrected chi connectivity index (χ4v) is 1.39. The van der Waals surface area contributed by atoms with Crippen LogP contribution in [-0.4, -0.2) is 15.2 Å². The van der Waals surface area contributed by atoms with Gasteiger partial charge in [-0.05, 0) is 12.1 Å². The van der Waals surface area contributed by atoms with Crippen molar-refractivity contribution in [2.24, 2.45) is 0 Å². The fourth-order valence-electron chi connectivity index (χ4n) is 0.816. The molecule has 2 aromatic rings. The first-order chi connectivity index (χ1) is 5.86. The van der Waals surface area contributed by atoms with Gasteiger partial charge in [-0.15, -0.1) is 10.2 Å². The molecule has 2 rings (SSSR count). The largest absolute Gasteiger partial charge is 0.289 e. The zero-order valence-electron chi connectivity index (χ0n) is 5.94. The van der Waals surface area contributed by atoms with Crippen LogP contribution < -0.4 is 0 Å².